The molecule has 8 nitrogen and oxygen atoms in total. The predicted molar refractivity (Wildman–Crippen MR) is 80.1 cm³/mol. The number of carboxylic acids is 1. The molecule has 11 heteroatoms. The van der Waals surface area contributed by atoms with E-state index in [9.17, 15) is 23.8 Å². The van der Waals surface area contributed by atoms with E-state index in [0.717, 1.165) is 12.5 Å². The first-order chi connectivity index (χ1) is 11.2. The topological polar surface area (TPSA) is 113 Å². The fourth-order valence-electron chi connectivity index (χ4n) is 2.32. The Hall–Kier alpha value is -2.79. The van der Waals surface area contributed by atoms with E-state index in [1.807, 2.05) is 0 Å². The largest absolute Gasteiger partial charge is 0.476 e. The molecule has 124 valence electrons. The van der Waals surface area contributed by atoms with Crippen LogP contribution >= 0.6 is 0 Å². The lowest BCUT2D eigenvalue weighted by Gasteiger charge is -2.16. The Bertz CT molecular complexity index is 932. The molecule has 3 rings (SSSR count). The first-order valence-corrected chi connectivity index (χ1v) is 6.73. The second kappa shape index (κ2) is 5.39. The Labute approximate surface area is 134 Å². The van der Waals surface area contributed by atoms with Gasteiger partial charge < -0.3 is 15.3 Å². The van der Waals surface area contributed by atoms with E-state index in [1.165, 1.54) is 30.5 Å². The zero-order valence-corrected chi connectivity index (χ0v) is 12.3. The molecule has 0 spiro atoms. The van der Waals surface area contributed by atoms with Gasteiger partial charge in [-0.15, -0.1) is 0 Å². The van der Waals surface area contributed by atoms with Gasteiger partial charge in [0.05, 0.1) is 11.2 Å². The van der Waals surface area contributed by atoms with Crippen molar-refractivity contribution >= 4 is 24.7 Å². The number of alkyl halides is 2. The number of fused-ring (bicyclic) bond motifs is 1. The summed E-state index contributed by atoms with van der Waals surface area (Å²) in [7, 11) is 1.11. The summed E-state index contributed by atoms with van der Waals surface area (Å²) in [5.74, 6) is -3.61. The van der Waals surface area contributed by atoms with Crippen LogP contribution in [0.4, 0.5) is 8.78 Å². The molecule has 0 bridgehead atoms. The molecule has 24 heavy (non-hydrogen) atoms. The number of aromatic nitrogens is 4. The van der Waals surface area contributed by atoms with Crippen LogP contribution in [0.3, 0.4) is 0 Å². The normalized spacial score (nSPS) is 12.2. The summed E-state index contributed by atoms with van der Waals surface area (Å²) >= 11 is 0. The van der Waals surface area contributed by atoms with Gasteiger partial charge in [0, 0.05) is 17.1 Å². The number of benzene rings is 1. The number of halogens is 2. The van der Waals surface area contributed by atoms with Crippen molar-refractivity contribution in [2.75, 3.05) is 0 Å². The van der Waals surface area contributed by atoms with Crippen LogP contribution in [-0.4, -0.2) is 48.7 Å². The van der Waals surface area contributed by atoms with E-state index in [-0.39, 0.29) is 10.9 Å². The van der Waals surface area contributed by atoms with Gasteiger partial charge in [0.2, 0.25) is 13.7 Å². The molecule has 0 aliphatic rings. The minimum Gasteiger partial charge on any atom is -0.476 e. The van der Waals surface area contributed by atoms with Crippen molar-refractivity contribution < 1.29 is 28.9 Å². The number of aromatic carboxylic acids is 1. The average Bonchev–Trinajstić information content (AvgIpc) is 3.11. The highest BCUT2D eigenvalue weighted by Crippen LogP contribution is 2.28. The molecule has 0 amide bonds. The smallest absolute Gasteiger partial charge is 0.357 e. The molecule has 2 aromatic heterocycles. The maximum absolute atomic E-state index is 13.1. The second-order valence-corrected chi connectivity index (χ2v) is 5.22. The zero-order chi connectivity index (χ0) is 17.6. The SMILES string of the molecule is BC(O)(O)n1ccc(-c2ccc3c(C(=O)O)nn(C(F)F)c3c2)n1. The van der Waals surface area contributed by atoms with Gasteiger partial charge in [-0.2, -0.15) is 19.0 Å². The summed E-state index contributed by atoms with van der Waals surface area (Å²) in [6, 6.07) is 5.63. The van der Waals surface area contributed by atoms with Crippen LogP contribution in [0.2, 0.25) is 0 Å². The second-order valence-electron chi connectivity index (χ2n) is 5.22. The minimum atomic E-state index is -3.01. The third kappa shape index (κ3) is 2.63. The van der Waals surface area contributed by atoms with Crippen LogP contribution in [0.5, 0.6) is 0 Å². The molecule has 3 aromatic rings. The van der Waals surface area contributed by atoms with Gasteiger partial charge >= 0.3 is 12.5 Å². The number of hydrogen-bond donors (Lipinski definition) is 3. The molecule has 0 radical (unpaired) electrons. The lowest BCUT2D eigenvalue weighted by molar-refractivity contribution is -0.160. The molecular weight excluding hydrogens is 325 g/mol. The maximum Gasteiger partial charge on any atom is 0.357 e. The third-order valence-electron chi connectivity index (χ3n) is 3.41. The monoisotopic (exact) mass is 336 g/mol. The van der Waals surface area contributed by atoms with Gasteiger partial charge in [-0.25, -0.2) is 14.2 Å². The quantitative estimate of drug-likeness (QED) is 0.463. The van der Waals surface area contributed by atoms with Crippen LogP contribution < -0.4 is 0 Å². The highest BCUT2D eigenvalue weighted by molar-refractivity contribution is 6.11. The number of nitrogens with zero attached hydrogens (tertiary/aromatic N) is 4. The fraction of sp³-hybridized carbons (Fsp3) is 0.154. The Morgan fingerprint density at radius 1 is 1.25 bits per heavy atom. The van der Waals surface area contributed by atoms with Gasteiger partial charge in [0.1, 0.15) is 0 Å². The Morgan fingerprint density at radius 3 is 2.50 bits per heavy atom. The lowest BCUT2D eigenvalue weighted by atomic mass is 10.1. The molecule has 0 atom stereocenters. The van der Waals surface area contributed by atoms with Crippen LogP contribution in [-0.2, 0) is 5.81 Å². The zero-order valence-electron chi connectivity index (χ0n) is 12.3. The Morgan fingerprint density at radius 2 is 1.96 bits per heavy atom. The van der Waals surface area contributed by atoms with Crippen molar-refractivity contribution in [2.24, 2.45) is 0 Å². The van der Waals surface area contributed by atoms with E-state index >= 15 is 0 Å². The molecule has 0 aliphatic carbocycles. The van der Waals surface area contributed by atoms with Crippen LogP contribution in [0.1, 0.15) is 17.0 Å². The number of rotatable bonds is 4. The molecule has 0 aliphatic heterocycles. The first kappa shape index (κ1) is 16.1. The van der Waals surface area contributed by atoms with Gasteiger partial charge in [-0.3, -0.25) is 0 Å². The number of hydrogen-bond acceptors (Lipinski definition) is 5. The first-order valence-electron chi connectivity index (χ1n) is 6.73. The Balaban J connectivity index is 2.16. The minimum absolute atomic E-state index is 0.0646. The number of aliphatic hydroxyl groups is 2. The summed E-state index contributed by atoms with van der Waals surface area (Å²) in [4.78, 5) is 11.1. The molecule has 0 saturated carbocycles. The van der Waals surface area contributed by atoms with Crippen molar-refractivity contribution in [1.29, 1.82) is 0 Å². The van der Waals surface area contributed by atoms with Gasteiger partial charge in [-0.1, -0.05) is 6.07 Å². The fourth-order valence-corrected chi connectivity index (χ4v) is 2.32. The van der Waals surface area contributed by atoms with Gasteiger partial charge in [0.25, 0.3) is 0 Å². The van der Waals surface area contributed by atoms with E-state index in [4.69, 9.17) is 5.11 Å². The van der Waals surface area contributed by atoms with Crippen molar-refractivity contribution in [3.8, 4) is 11.3 Å². The molecule has 1 aromatic carbocycles. The highest BCUT2D eigenvalue weighted by Gasteiger charge is 2.22. The summed E-state index contributed by atoms with van der Waals surface area (Å²) < 4.78 is 27.4. The van der Waals surface area contributed by atoms with Crippen LogP contribution in [0.15, 0.2) is 30.5 Å². The molecule has 2 heterocycles. The highest BCUT2D eigenvalue weighted by atomic mass is 19.3. The van der Waals surface area contributed by atoms with E-state index < -0.39 is 24.0 Å². The molecule has 0 fully saturated rings. The summed E-state index contributed by atoms with van der Waals surface area (Å²) in [6.07, 6.45) is 1.31. The summed E-state index contributed by atoms with van der Waals surface area (Å²) in [5, 5.41) is 35.5. The lowest BCUT2D eigenvalue weighted by Crippen LogP contribution is -2.33. The van der Waals surface area contributed by atoms with E-state index in [2.05, 4.69) is 10.2 Å². The van der Waals surface area contributed by atoms with Gasteiger partial charge in [0.15, 0.2) is 5.69 Å². The Kier molecular flexibility index (Phi) is 3.61. The molecule has 3 N–H and O–H groups in total. The number of carbonyl (C=O) groups is 1. The maximum atomic E-state index is 13.1. The number of carboxylic acid groups (broad SMARTS) is 1. The van der Waals surface area contributed by atoms with E-state index in [1.54, 1.807) is 0 Å². The van der Waals surface area contributed by atoms with Gasteiger partial charge in [-0.05, 0) is 18.2 Å². The van der Waals surface area contributed by atoms with Crippen molar-refractivity contribution in [3.05, 3.63) is 36.2 Å². The standard InChI is InChI=1S/C13H11BF2N4O4/c14-13(23,24)19-4-3-8(17-19)6-1-2-7-9(5-6)20(12(15)16)18-10(7)11(21)22/h1-5,12,23-24H,14H2,(H,21,22). The van der Waals surface area contributed by atoms with Crippen LogP contribution in [0, 0.1) is 0 Å². The average molecular weight is 336 g/mol. The summed E-state index contributed by atoms with van der Waals surface area (Å²) in [6.45, 7) is -3.01. The summed E-state index contributed by atoms with van der Waals surface area (Å²) in [5.41, 5.74) is 0.153. The van der Waals surface area contributed by atoms with Crippen molar-refractivity contribution in [3.63, 3.8) is 0 Å². The molecular formula is C13H11BF2N4O4. The molecule has 0 saturated heterocycles. The molecule has 0 unspecified atom stereocenters. The van der Waals surface area contributed by atoms with E-state index in [0.29, 0.717) is 15.9 Å². The van der Waals surface area contributed by atoms with Crippen molar-refractivity contribution in [2.45, 2.75) is 12.4 Å². The third-order valence-corrected chi connectivity index (χ3v) is 3.41. The predicted octanol–water partition coefficient (Wildman–Crippen LogP) is 0.179. The van der Waals surface area contributed by atoms with Crippen molar-refractivity contribution in [1.82, 2.24) is 19.6 Å². The van der Waals surface area contributed by atoms with Crippen LogP contribution in [0.25, 0.3) is 22.2 Å².